The molecule has 0 fully saturated rings. The lowest BCUT2D eigenvalue weighted by Gasteiger charge is -2.26. The van der Waals surface area contributed by atoms with Gasteiger partial charge < -0.3 is 4.90 Å². The molecule has 0 aliphatic carbocycles. The fraction of sp³-hybridized carbons (Fsp3) is 0.867. The van der Waals surface area contributed by atoms with Crippen LogP contribution in [-0.4, -0.2) is 23.9 Å². The van der Waals surface area contributed by atoms with Crippen molar-refractivity contribution >= 4 is 5.91 Å². The number of hydrogen-bond donors (Lipinski definition) is 0. The van der Waals surface area contributed by atoms with Crippen molar-refractivity contribution < 1.29 is 4.79 Å². The third kappa shape index (κ3) is 7.32. The van der Waals surface area contributed by atoms with Crippen LogP contribution in [0, 0.1) is 28.6 Å². The summed E-state index contributed by atoms with van der Waals surface area (Å²) >= 11 is 0. The van der Waals surface area contributed by atoms with Gasteiger partial charge in [0, 0.05) is 19.5 Å². The van der Waals surface area contributed by atoms with Gasteiger partial charge in [-0.25, -0.2) is 0 Å². The highest BCUT2D eigenvalue weighted by Crippen LogP contribution is 2.26. The predicted octanol–water partition coefficient (Wildman–Crippen LogP) is 3.46. The number of carbonyl (C=O) groups is 1. The van der Waals surface area contributed by atoms with Gasteiger partial charge >= 0.3 is 0 Å². The van der Waals surface area contributed by atoms with Gasteiger partial charge in [-0.05, 0) is 31.6 Å². The van der Waals surface area contributed by atoms with Gasteiger partial charge in [-0.1, -0.05) is 27.7 Å². The van der Waals surface area contributed by atoms with E-state index >= 15 is 0 Å². The van der Waals surface area contributed by atoms with Gasteiger partial charge in [0.25, 0.3) is 0 Å². The normalized spacial score (nSPS) is 14.7. The lowest BCUT2D eigenvalue weighted by atomic mass is 9.84. The molecule has 2 atom stereocenters. The lowest BCUT2D eigenvalue weighted by Crippen LogP contribution is -2.35. The molecule has 0 N–H and O–H groups in total. The molecule has 0 aliphatic rings. The zero-order valence-corrected chi connectivity index (χ0v) is 12.8. The van der Waals surface area contributed by atoms with Crippen LogP contribution in [0.1, 0.15) is 54.4 Å². The van der Waals surface area contributed by atoms with Gasteiger partial charge in [0.2, 0.25) is 5.91 Å². The fourth-order valence-electron chi connectivity index (χ4n) is 2.32. The molecule has 18 heavy (non-hydrogen) atoms. The first-order valence-electron chi connectivity index (χ1n) is 6.87. The average Bonchev–Trinajstić information content (AvgIpc) is 2.22. The SMILES string of the molecule is CCN(CC(C)C#N)C(=O)CC(C)CC(C)(C)C. The van der Waals surface area contributed by atoms with E-state index in [0.29, 0.717) is 25.4 Å². The van der Waals surface area contributed by atoms with Crippen LogP contribution in [0.15, 0.2) is 0 Å². The Morgan fingerprint density at radius 2 is 1.89 bits per heavy atom. The fourth-order valence-corrected chi connectivity index (χ4v) is 2.32. The van der Waals surface area contributed by atoms with E-state index < -0.39 is 0 Å². The summed E-state index contributed by atoms with van der Waals surface area (Å²) in [7, 11) is 0. The van der Waals surface area contributed by atoms with Crippen LogP contribution in [0.3, 0.4) is 0 Å². The zero-order chi connectivity index (χ0) is 14.3. The number of nitrogens with zero attached hydrogens (tertiary/aromatic N) is 2. The molecule has 0 heterocycles. The topological polar surface area (TPSA) is 44.1 Å². The Labute approximate surface area is 112 Å². The number of carbonyl (C=O) groups excluding carboxylic acids is 1. The van der Waals surface area contributed by atoms with Crippen molar-refractivity contribution in [2.45, 2.75) is 54.4 Å². The van der Waals surface area contributed by atoms with E-state index in [9.17, 15) is 4.79 Å². The van der Waals surface area contributed by atoms with Crippen molar-refractivity contribution in [3.63, 3.8) is 0 Å². The van der Waals surface area contributed by atoms with Gasteiger partial charge in [-0.3, -0.25) is 4.79 Å². The van der Waals surface area contributed by atoms with E-state index in [-0.39, 0.29) is 17.2 Å². The van der Waals surface area contributed by atoms with Crippen LogP contribution < -0.4 is 0 Å². The predicted molar refractivity (Wildman–Crippen MR) is 74.9 cm³/mol. The molecule has 0 saturated heterocycles. The van der Waals surface area contributed by atoms with Crippen molar-refractivity contribution in [3.8, 4) is 6.07 Å². The molecule has 0 rings (SSSR count). The molecule has 0 aromatic rings. The van der Waals surface area contributed by atoms with Crippen LogP contribution in [0.2, 0.25) is 0 Å². The molecule has 0 aromatic heterocycles. The molecular weight excluding hydrogens is 224 g/mol. The molecule has 1 amide bonds. The number of amides is 1. The highest BCUT2D eigenvalue weighted by Gasteiger charge is 2.21. The summed E-state index contributed by atoms with van der Waals surface area (Å²) in [5.41, 5.74) is 0.261. The molecular formula is C15H28N2O. The Balaban J connectivity index is 4.32. The molecule has 0 aliphatic heterocycles. The first kappa shape index (κ1) is 17.0. The van der Waals surface area contributed by atoms with Crippen LogP contribution in [0.25, 0.3) is 0 Å². The second-order valence-electron chi connectivity index (χ2n) is 6.54. The molecule has 0 radical (unpaired) electrons. The molecule has 3 nitrogen and oxygen atoms in total. The number of nitriles is 1. The smallest absolute Gasteiger partial charge is 0.222 e. The van der Waals surface area contributed by atoms with E-state index in [0.717, 1.165) is 6.42 Å². The summed E-state index contributed by atoms with van der Waals surface area (Å²) in [6, 6.07) is 2.18. The molecule has 0 saturated carbocycles. The molecule has 3 heteroatoms. The highest BCUT2D eigenvalue weighted by molar-refractivity contribution is 5.76. The van der Waals surface area contributed by atoms with Crippen LogP contribution >= 0.6 is 0 Å². The maximum atomic E-state index is 12.1. The minimum Gasteiger partial charge on any atom is -0.342 e. The largest absolute Gasteiger partial charge is 0.342 e. The van der Waals surface area contributed by atoms with Gasteiger partial charge in [0.1, 0.15) is 0 Å². The monoisotopic (exact) mass is 252 g/mol. The third-order valence-corrected chi connectivity index (χ3v) is 2.93. The Morgan fingerprint density at radius 1 is 1.33 bits per heavy atom. The summed E-state index contributed by atoms with van der Waals surface area (Å²) in [4.78, 5) is 13.9. The molecule has 0 bridgehead atoms. The van der Waals surface area contributed by atoms with Crippen molar-refractivity contribution in [2.75, 3.05) is 13.1 Å². The highest BCUT2D eigenvalue weighted by atomic mass is 16.2. The summed E-state index contributed by atoms with van der Waals surface area (Å²) in [6.45, 7) is 13.8. The van der Waals surface area contributed by atoms with E-state index in [1.807, 2.05) is 13.8 Å². The molecule has 2 unspecified atom stereocenters. The van der Waals surface area contributed by atoms with Crippen LogP contribution in [0.5, 0.6) is 0 Å². The van der Waals surface area contributed by atoms with Crippen molar-refractivity contribution in [1.29, 1.82) is 5.26 Å². The Kier molecular flexibility index (Phi) is 6.98. The minimum absolute atomic E-state index is 0.0909. The quantitative estimate of drug-likeness (QED) is 0.726. The van der Waals surface area contributed by atoms with Crippen molar-refractivity contribution in [2.24, 2.45) is 17.3 Å². The molecule has 0 aromatic carbocycles. The third-order valence-electron chi connectivity index (χ3n) is 2.93. The minimum atomic E-state index is -0.0909. The van der Waals surface area contributed by atoms with Gasteiger partial charge in [-0.15, -0.1) is 0 Å². The first-order chi connectivity index (χ1) is 8.19. The van der Waals surface area contributed by atoms with E-state index in [2.05, 4.69) is 33.8 Å². The standard InChI is InChI=1S/C15H28N2O/c1-7-17(11-13(3)10-16)14(18)8-12(2)9-15(4,5)6/h12-13H,7-9,11H2,1-6H3. The summed E-state index contributed by atoms with van der Waals surface area (Å²) in [5.74, 6) is 0.479. The van der Waals surface area contributed by atoms with Crippen molar-refractivity contribution in [3.05, 3.63) is 0 Å². The zero-order valence-electron chi connectivity index (χ0n) is 12.8. The Morgan fingerprint density at radius 3 is 2.28 bits per heavy atom. The maximum Gasteiger partial charge on any atom is 0.222 e. The van der Waals surface area contributed by atoms with E-state index in [4.69, 9.17) is 5.26 Å². The van der Waals surface area contributed by atoms with Crippen LogP contribution in [0.4, 0.5) is 0 Å². The Bertz CT molecular complexity index is 299. The lowest BCUT2D eigenvalue weighted by molar-refractivity contribution is -0.132. The second kappa shape index (κ2) is 7.41. The Hall–Kier alpha value is -1.04. The van der Waals surface area contributed by atoms with E-state index in [1.54, 1.807) is 4.90 Å². The maximum absolute atomic E-state index is 12.1. The first-order valence-corrected chi connectivity index (χ1v) is 6.87. The molecule has 0 spiro atoms. The van der Waals surface area contributed by atoms with Gasteiger partial charge in [-0.2, -0.15) is 5.26 Å². The van der Waals surface area contributed by atoms with Crippen LogP contribution in [-0.2, 0) is 4.79 Å². The summed E-state index contributed by atoms with van der Waals surface area (Å²) < 4.78 is 0. The van der Waals surface area contributed by atoms with E-state index in [1.165, 1.54) is 0 Å². The summed E-state index contributed by atoms with van der Waals surface area (Å²) in [5, 5.41) is 8.81. The second-order valence-corrected chi connectivity index (χ2v) is 6.54. The van der Waals surface area contributed by atoms with Gasteiger partial charge in [0.15, 0.2) is 0 Å². The van der Waals surface area contributed by atoms with Crippen molar-refractivity contribution in [1.82, 2.24) is 4.90 Å². The number of hydrogen-bond acceptors (Lipinski definition) is 2. The average molecular weight is 252 g/mol. The molecule has 104 valence electrons. The van der Waals surface area contributed by atoms with Gasteiger partial charge in [0.05, 0.1) is 12.0 Å². The summed E-state index contributed by atoms with van der Waals surface area (Å²) in [6.07, 6.45) is 1.63. The number of rotatable bonds is 6.